The molecule has 1 N–H and O–H groups in total. The minimum atomic E-state index is -0.292. The van der Waals surface area contributed by atoms with Crippen LogP contribution >= 0.6 is 11.8 Å². The molecule has 0 atom stereocenters. The maximum absolute atomic E-state index is 11.8. The molecule has 0 fully saturated rings. The number of benzene rings is 1. The lowest BCUT2D eigenvalue weighted by Gasteiger charge is -2.06. The van der Waals surface area contributed by atoms with Crippen LogP contribution in [0.3, 0.4) is 0 Å². The highest BCUT2D eigenvalue weighted by molar-refractivity contribution is 8.00. The molecule has 0 bridgehead atoms. The number of amides is 1. The van der Waals surface area contributed by atoms with E-state index in [0.717, 1.165) is 29.7 Å². The minimum absolute atomic E-state index is 0.125. The van der Waals surface area contributed by atoms with Gasteiger partial charge in [-0.05, 0) is 49.1 Å². The molecule has 1 amide bonds. The number of esters is 1. The van der Waals surface area contributed by atoms with E-state index in [9.17, 15) is 9.59 Å². The predicted octanol–water partition coefficient (Wildman–Crippen LogP) is 3.24. The highest BCUT2D eigenvalue weighted by atomic mass is 32.2. The minimum Gasteiger partial charge on any atom is -0.465 e. The second-order valence-corrected chi connectivity index (χ2v) is 6.58. The van der Waals surface area contributed by atoms with Crippen LogP contribution in [0.2, 0.25) is 0 Å². The fourth-order valence-electron chi connectivity index (χ4n) is 2.20. The van der Waals surface area contributed by atoms with Gasteiger partial charge in [0.2, 0.25) is 5.91 Å². The van der Waals surface area contributed by atoms with Crippen LogP contribution in [0.5, 0.6) is 0 Å². The number of aryl methyl sites for hydroxylation is 2. The van der Waals surface area contributed by atoms with Crippen LogP contribution in [0.4, 0.5) is 5.69 Å². The molecule has 0 radical (unpaired) electrons. The van der Waals surface area contributed by atoms with E-state index >= 15 is 0 Å². The van der Waals surface area contributed by atoms with Gasteiger partial charge in [-0.3, -0.25) is 14.6 Å². The van der Waals surface area contributed by atoms with Gasteiger partial charge in [-0.15, -0.1) is 11.8 Å². The first-order chi connectivity index (χ1) is 12.1. The van der Waals surface area contributed by atoms with Crippen molar-refractivity contribution in [2.45, 2.75) is 19.8 Å². The Kier molecular flexibility index (Phi) is 7.98. The first kappa shape index (κ1) is 19.0. The Morgan fingerprint density at radius 1 is 1.20 bits per heavy atom. The van der Waals surface area contributed by atoms with Gasteiger partial charge in [0.1, 0.15) is 0 Å². The number of pyridine rings is 1. The van der Waals surface area contributed by atoms with Gasteiger partial charge in [0.15, 0.2) is 0 Å². The molecule has 132 valence electrons. The number of carbonyl (C=O) groups is 2. The molecule has 0 aliphatic rings. The molecular weight excluding hydrogens is 336 g/mol. The number of nitrogens with one attached hydrogen (secondary N) is 1. The number of thioether (sulfide) groups is 1. The Morgan fingerprint density at radius 3 is 2.84 bits per heavy atom. The number of hydrogen-bond acceptors (Lipinski definition) is 5. The van der Waals surface area contributed by atoms with Gasteiger partial charge < -0.3 is 10.1 Å². The largest absolute Gasteiger partial charge is 0.465 e. The van der Waals surface area contributed by atoms with Crippen molar-refractivity contribution < 1.29 is 14.3 Å². The number of ether oxygens (including phenoxy) is 1. The summed E-state index contributed by atoms with van der Waals surface area (Å²) in [5, 5.41) is 2.81. The van der Waals surface area contributed by atoms with Crippen LogP contribution < -0.4 is 5.32 Å². The predicted molar refractivity (Wildman–Crippen MR) is 101 cm³/mol. The van der Waals surface area contributed by atoms with Gasteiger partial charge >= 0.3 is 5.97 Å². The van der Waals surface area contributed by atoms with E-state index in [-0.39, 0.29) is 23.4 Å². The van der Waals surface area contributed by atoms with Gasteiger partial charge in [0.25, 0.3) is 0 Å². The molecule has 1 aromatic carbocycles. The molecule has 0 aliphatic heterocycles. The average Bonchev–Trinajstić information content (AvgIpc) is 2.60. The van der Waals surface area contributed by atoms with Crippen LogP contribution in [-0.4, -0.2) is 35.0 Å². The van der Waals surface area contributed by atoms with E-state index in [1.54, 1.807) is 6.20 Å². The highest BCUT2D eigenvalue weighted by Crippen LogP contribution is 2.10. The van der Waals surface area contributed by atoms with E-state index in [0.29, 0.717) is 6.61 Å². The number of aromatic nitrogens is 1. The van der Waals surface area contributed by atoms with E-state index in [1.165, 1.54) is 11.8 Å². The number of carbonyl (C=O) groups excluding carboxylic acids is 2. The smallest absolute Gasteiger partial charge is 0.315 e. The van der Waals surface area contributed by atoms with E-state index in [1.807, 2.05) is 49.5 Å². The SMILES string of the molecule is Cc1cccc(NC(=O)CSCC(=O)OCCCc2cccnc2)c1. The summed E-state index contributed by atoms with van der Waals surface area (Å²) in [5.74, 6) is -0.0214. The van der Waals surface area contributed by atoms with Crippen molar-refractivity contribution in [3.63, 3.8) is 0 Å². The van der Waals surface area contributed by atoms with Gasteiger partial charge in [-0.1, -0.05) is 18.2 Å². The molecule has 2 rings (SSSR count). The third kappa shape index (κ3) is 7.85. The van der Waals surface area contributed by atoms with Crippen molar-refractivity contribution in [3.05, 3.63) is 59.9 Å². The zero-order valence-electron chi connectivity index (χ0n) is 14.2. The lowest BCUT2D eigenvalue weighted by atomic mass is 10.2. The first-order valence-electron chi connectivity index (χ1n) is 8.12. The normalized spacial score (nSPS) is 10.3. The van der Waals surface area contributed by atoms with Crippen molar-refractivity contribution in [2.24, 2.45) is 0 Å². The summed E-state index contributed by atoms with van der Waals surface area (Å²) in [6.07, 6.45) is 5.13. The van der Waals surface area contributed by atoms with Crippen LogP contribution in [0.25, 0.3) is 0 Å². The topological polar surface area (TPSA) is 68.3 Å². The van der Waals surface area contributed by atoms with Crippen molar-refractivity contribution >= 4 is 29.3 Å². The van der Waals surface area contributed by atoms with Crippen LogP contribution in [0.1, 0.15) is 17.5 Å². The summed E-state index contributed by atoms with van der Waals surface area (Å²) < 4.78 is 5.17. The summed E-state index contributed by atoms with van der Waals surface area (Å²) in [7, 11) is 0. The Hall–Kier alpha value is -2.34. The Balaban J connectivity index is 1.55. The molecule has 0 unspecified atom stereocenters. The van der Waals surface area contributed by atoms with Gasteiger partial charge in [-0.25, -0.2) is 0 Å². The maximum Gasteiger partial charge on any atom is 0.315 e. The number of anilines is 1. The monoisotopic (exact) mass is 358 g/mol. The summed E-state index contributed by atoms with van der Waals surface area (Å²) in [5.41, 5.74) is 2.98. The second-order valence-electron chi connectivity index (χ2n) is 5.60. The summed E-state index contributed by atoms with van der Waals surface area (Å²) in [6.45, 7) is 2.35. The van der Waals surface area contributed by atoms with Gasteiger partial charge in [0.05, 0.1) is 18.1 Å². The standard InChI is InChI=1S/C19H22N2O3S/c1-15-5-2-8-17(11-15)21-18(22)13-25-14-19(23)24-10-4-7-16-6-3-9-20-12-16/h2-3,5-6,8-9,11-12H,4,7,10,13-14H2,1H3,(H,21,22). The molecule has 6 heteroatoms. The third-order valence-corrected chi connectivity index (χ3v) is 4.26. The molecule has 0 saturated heterocycles. The number of hydrogen-bond donors (Lipinski definition) is 1. The summed E-state index contributed by atoms with van der Waals surface area (Å²) in [4.78, 5) is 27.5. The van der Waals surface area contributed by atoms with Crippen molar-refractivity contribution in [3.8, 4) is 0 Å². The molecule has 1 aromatic heterocycles. The van der Waals surface area contributed by atoms with Crippen LogP contribution in [0.15, 0.2) is 48.8 Å². The zero-order valence-corrected chi connectivity index (χ0v) is 15.1. The molecule has 0 saturated carbocycles. The van der Waals surface area contributed by atoms with E-state index in [4.69, 9.17) is 4.74 Å². The molecule has 5 nitrogen and oxygen atoms in total. The number of nitrogens with zero attached hydrogens (tertiary/aromatic N) is 1. The van der Waals surface area contributed by atoms with Crippen molar-refractivity contribution in [1.29, 1.82) is 0 Å². The lowest BCUT2D eigenvalue weighted by molar-refractivity contribution is -0.140. The fourth-order valence-corrected chi connectivity index (χ4v) is 2.81. The summed E-state index contributed by atoms with van der Waals surface area (Å²) >= 11 is 1.25. The quantitative estimate of drug-likeness (QED) is 0.550. The molecule has 0 aliphatic carbocycles. The van der Waals surface area contributed by atoms with Gasteiger partial charge in [-0.2, -0.15) is 0 Å². The molecule has 0 spiro atoms. The Labute approximate surface area is 152 Å². The summed E-state index contributed by atoms with van der Waals surface area (Å²) in [6, 6.07) is 11.5. The van der Waals surface area contributed by atoms with E-state index in [2.05, 4.69) is 10.3 Å². The number of rotatable bonds is 9. The lowest BCUT2D eigenvalue weighted by Crippen LogP contribution is -2.16. The van der Waals surface area contributed by atoms with Crippen molar-refractivity contribution in [1.82, 2.24) is 4.98 Å². The highest BCUT2D eigenvalue weighted by Gasteiger charge is 2.07. The first-order valence-corrected chi connectivity index (χ1v) is 9.28. The molecule has 1 heterocycles. The van der Waals surface area contributed by atoms with Crippen LogP contribution in [0, 0.1) is 6.92 Å². The van der Waals surface area contributed by atoms with Crippen molar-refractivity contribution in [2.75, 3.05) is 23.4 Å². The Morgan fingerprint density at radius 2 is 2.08 bits per heavy atom. The zero-order chi connectivity index (χ0) is 17.9. The Bertz CT molecular complexity index is 692. The molecule has 25 heavy (non-hydrogen) atoms. The van der Waals surface area contributed by atoms with Crippen LogP contribution in [-0.2, 0) is 20.7 Å². The fraction of sp³-hybridized carbons (Fsp3) is 0.316. The van der Waals surface area contributed by atoms with E-state index < -0.39 is 0 Å². The molecular formula is C19H22N2O3S. The molecule has 2 aromatic rings. The van der Waals surface area contributed by atoms with Gasteiger partial charge in [0, 0.05) is 18.1 Å². The maximum atomic E-state index is 11.8. The second kappa shape index (κ2) is 10.5. The third-order valence-electron chi connectivity index (χ3n) is 3.35. The average molecular weight is 358 g/mol.